The van der Waals surface area contributed by atoms with E-state index in [0.29, 0.717) is 6.61 Å². The summed E-state index contributed by atoms with van der Waals surface area (Å²) in [6, 6.07) is 18.5. The Balaban J connectivity index is 1.72. The van der Waals surface area contributed by atoms with Gasteiger partial charge < -0.3 is 14.5 Å². The lowest BCUT2D eigenvalue weighted by atomic mass is 10.1. The molecule has 1 N–H and O–H groups in total. The number of hydrogen-bond acceptors (Lipinski definition) is 2. The Hall–Kier alpha value is -2.26. The first-order valence-electron chi connectivity index (χ1n) is 6.82. The smallest absolute Gasteiger partial charge is 0.128 e. The number of ether oxygens (including phenoxy) is 2. The molecule has 3 heteroatoms. The molecular weight excluding hydrogens is 250 g/mol. The number of para-hydroxylation sites is 2. The zero-order valence-electron chi connectivity index (χ0n) is 11.0. The summed E-state index contributed by atoms with van der Waals surface area (Å²) in [5, 5.41) is 1.21. The average Bonchev–Trinajstić information content (AvgIpc) is 3.22. The number of aromatic nitrogens is 1. The van der Waals surface area contributed by atoms with Crippen LogP contribution in [0, 0.1) is 0 Å². The van der Waals surface area contributed by atoms with Crippen molar-refractivity contribution < 1.29 is 9.47 Å². The summed E-state index contributed by atoms with van der Waals surface area (Å²) >= 11 is 0. The summed E-state index contributed by atoms with van der Waals surface area (Å²) in [7, 11) is 0. The van der Waals surface area contributed by atoms with E-state index >= 15 is 0 Å². The minimum atomic E-state index is 0.269. The van der Waals surface area contributed by atoms with Gasteiger partial charge in [-0.2, -0.15) is 0 Å². The number of hydrogen-bond donors (Lipinski definition) is 1. The largest absolute Gasteiger partial charge is 0.490 e. The second-order valence-electron chi connectivity index (χ2n) is 5.03. The van der Waals surface area contributed by atoms with E-state index in [4.69, 9.17) is 9.47 Å². The molecule has 0 amide bonds. The van der Waals surface area contributed by atoms with Crippen molar-refractivity contribution in [2.45, 2.75) is 6.10 Å². The number of fused-ring (bicyclic) bond motifs is 1. The highest BCUT2D eigenvalue weighted by atomic mass is 16.6. The van der Waals surface area contributed by atoms with Crippen molar-refractivity contribution in [2.75, 3.05) is 13.2 Å². The molecule has 1 aliphatic rings. The van der Waals surface area contributed by atoms with Gasteiger partial charge in [0.1, 0.15) is 18.5 Å². The van der Waals surface area contributed by atoms with Crippen LogP contribution < -0.4 is 4.74 Å². The molecule has 1 aromatic heterocycles. The van der Waals surface area contributed by atoms with E-state index in [-0.39, 0.29) is 6.10 Å². The predicted octanol–water partition coefficient (Wildman–Crippen LogP) is 3.61. The highest BCUT2D eigenvalue weighted by Crippen LogP contribution is 2.32. The fourth-order valence-corrected chi connectivity index (χ4v) is 2.38. The van der Waals surface area contributed by atoms with Crippen LogP contribution in [0.15, 0.2) is 54.6 Å². The monoisotopic (exact) mass is 265 g/mol. The van der Waals surface area contributed by atoms with Crippen molar-refractivity contribution in [3.05, 3.63) is 54.6 Å². The number of H-pyrrole nitrogens is 1. The lowest BCUT2D eigenvalue weighted by Gasteiger charge is -2.09. The molecule has 2 heterocycles. The van der Waals surface area contributed by atoms with E-state index in [0.717, 1.165) is 29.1 Å². The molecule has 1 aliphatic heterocycles. The molecule has 0 saturated carbocycles. The fourth-order valence-electron chi connectivity index (χ4n) is 2.38. The summed E-state index contributed by atoms with van der Waals surface area (Å²) in [6.07, 6.45) is 0.269. The number of epoxide rings is 1. The quantitative estimate of drug-likeness (QED) is 0.732. The van der Waals surface area contributed by atoms with Crippen LogP contribution in [0.3, 0.4) is 0 Å². The fraction of sp³-hybridized carbons (Fsp3) is 0.176. The van der Waals surface area contributed by atoms with Crippen molar-refractivity contribution >= 4 is 10.9 Å². The van der Waals surface area contributed by atoms with Gasteiger partial charge in [0.25, 0.3) is 0 Å². The van der Waals surface area contributed by atoms with Crippen molar-refractivity contribution in [1.82, 2.24) is 4.98 Å². The van der Waals surface area contributed by atoms with E-state index in [9.17, 15) is 0 Å². The number of aromatic amines is 1. The molecule has 3 aromatic rings. The molecule has 0 aliphatic carbocycles. The third kappa shape index (κ3) is 2.17. The normalized spacial score (nSPS) is 17.3. The highest BCUT2D eigenvalue weighted by Gasteiger charge is 2.23. The van der Waals surface area contributed by atoms with Crippen LogP contribution in [0.4, 0.5) is 0 Å². The maximum atomic E-state index is 5.87. The first kappa shape index (κ1) is 11.6. The molecule has 1 fully saturated rings. The minimum Gasteiger partial charge on any atom is -0.490 e. The van der Waals surface area contributed by atoms with Crippen molar-refractivity contribution in [1.29, 1.82) is 0 Å². The van der Waals surface area contributed by atoms with Gasteiger partial charge in [-0.1, -0.05) is 30.3 Å². The Bertz CT molecular complexity index is 710. The van der Waals surface area contributed by atoms with Crippen molar-refractivity contribution in [3.8, 4) is 17.0 Å². The van der Waals surface area contributed by atoms with Gasteiger partial charge in [-0.25, -0.2) is 0 Å². The van der Waals surface area contributed by atoms with E-state index in [1.165, 1.54) is 5.39 Å². The second kappa shape index (κ2) is 4.69. The van der Waals surface area contributed by atoms with Gasteiger partial charge in [-0.05, 0) is 24.3 Å². The molecule has 100 valence electrons. The Morgan fingerprint density at radius 3 is 2.75 bits per heavy atom. The first-order valence-corrected chi connectivity index (χ1v) is 6.82. The summed E-state index contributed by atoms with van der Waals surface area (Å²) in [5.74, 6) is 0.898. The van der Waals surface area contributed by atoms with Gasteiger partial charge in [0, 0.05) is 16.5 Å². The van der Waals surface area contributed by atoms with Gasteiger partial charge in [0.05, 0.1) is 12.3 Å². The van der Waals surface area contributed by atoms with Crippen LogP contribution in [-0.2, 0) is 4.74 Å². The van der Waals surface area contributed by atoms with Gasteiger partial charge in [0.2, 0.25) is 0 Å². The molecule has 1 atom stereocenters. The lowest BCUT2D eigenvalue weighted by Crippen LogP contribution is -2.04. The molecule has 1 saturated heterocycles. The second-order valence-corrected chi connectivity index (χ2v) is 5.03. The predicted molar refractivity (Wildman–Crippen MR) is 79.0 cm³/mol. The van der Waals surface area contributed by atoms with Crippen LogP contribution in [0.5, 0.6) is 5.75 Å². The molecule has 0 radical (unpaired) electrons. The minimum absolute atomic E-state index is 0.269. The zero-order chi connectivity index (χ0) is 13.4. The number of rotatable bonds is 4. The maximum absolute atomic E-state index is 5.87. The Morgan fingerprint density at radius 1 is 1.10 bits per heavy atom. The van der Waals surface area contributed by atoms with Crippen molar-refractivity contribution in [2.24, 2.45) is 0 Å². The van der Waals surface area contributed by atoms with Crippen LogP contribution in [0.1, 0.15) is 0 Å². The van der Waals surface area contributed by atoms with Gasteiger partial charge in [0.15, 0.2) is 0 Å². The third-order valence-electron chi connectivity index (χ3n) is 3.53. The molecule has 2 aromatic carbocycles. The Morgan fingerprint density at radius 2 is 1.90 bits per heavy atom. The topological polar surface area (TPSA) is 37.5 Å². The third-order valence-corrected chi connectivity index (χ3v) is 3.53. The summed E-state index contributed by atoms with van der Waals surface area (Å²) in [6.45, 7) is 1.44. The summed E-state index contributed by atoms with van der Waals surface area (Å²) in [5.41, 5.74) is 3.31. The molecule has 0 bridgehead atoms. The standard InChI is InChI=1S/C17H15NO2/c1-3-7-15-12(5-1)9-16(18-15)14-6-2-4-8-17(14)20-11-13-10-19-13/h1-9,13,18H,10-11H2. The number of nitrogens with one attached hydrogen (secondary N) is 1. The van der Waals surface area contributed by atoms with E-state index < -0.39 is 0 Å². The molecule has 3 nitrogen and oxygen atoms in total. The van der Waals surface area contributed by atoms with E-state index in [1.807, 2.05) is 30.3 Å². The molecular formula is C17H15NO2. The van der Waals surface area contributed by atoms with Gasteiger partial charge >= 0.3 is 0 Å². The zero-order valence-corrected chi connectivity index (χ0v) is 11.0. The SMILES string of the molecule is c1ccc(-c2cc3ccccc3[nH]2)c(OCC2CO2)c1. The highest BCUT2D eigenvalue weighted by molar-refractivity contribution is 5.86. The average molecular weight is 265 g/mol. The van der Waals surface area contributed by atoms with Crippen LogP contribution in [0.25, 0.3) is 22.2 Å². The number of benzene rings is 2. The summed E-state index contributed by atoms with van der Waals surface area (Å²) < 4.78 is 11.1. The molecule has 20 heavy (non-hydrogen) atoms. The van der Waals surface area contributed by atoms with E-state index in [2.05, 4.69) is 29.2 Å². The van der Waals surface area contributed by atoms with Crippen molar-refractivity contribution in [3.63, 3.8) is 0 Å². The van der Waals surface area contributed by atoms with Crippen LogP contribution in [-0.4, -0.2) is 24.3 Å². The van der Waals surface area contributed by atoms with Crippen LogP contribution in [0.2, 0.25) is 0 Å². The van der Waals surface area contributed by atoms with Gasteiger partial charge in [-0.3, -0.25) is 0 Å². The first-order chi connectivity index (χ1) is 9.90. The summed E-state index contributed by atoms with van der Waals surface area (Å²) in [4.78, 5) is 3.44. The Labute approximate surface area is 117 Å². The van der Waals surface area contributed by atoms with E-state index in [1.54, 1.807) is 0 Å². The molecule has 0 spiro atoms. The lowest BCUT2D eigenvalue weighted by molar-refractivity contribution is 0.264. The Kier molecular flexibility index (Phi) is 2.71. The molecule has 1 unspecified atom stereocenters. The van der Waals surface area contributed by atoms with Crippen LogP contribution >= 0.6 is 0 Å². The molecule has 4 rings (SSSR count). The maximum Gasteiger partial charge on any atom is 0.128 e. The van der Waals surface area contributed by atoms with Gasteiger partial charge in [-0.15, -0.1) is 0 Å².